The van der Waals surface area contributed by atoms with Crippen LogP contribution in [-0.2, 0) is 0 Å². The molecule has 0 bridgehead atoms. The molecule has 1 atom stereocenters. The van der Waals surface area contributed by atoms with Crippen molar-refractivity contribution in [3.63, 3.8) is 0 Å². The third kappa shape index (κ3) is 2.92. The first-order valence-corrected chi connectivity index (χ1v) is 6.08. The van der Waals surface area contributed by atoms with Gasteiger partial charge < -0.3 is 9.88 Å². The van der Waals surface area contributed by atoms with Crippen LogP contribution >= 0.6 is 24.8 Å². The molecule has 1 aromatic rings. The highest BCUT2D eigenvalue weighted by Crippen LogP contribution is 2.32. The van der Waals surface area contributed by atoms with Crippen LogP contribution in [-0.4, -0.2) is 21.3 Å². The first-order chi connectivity index (χ1) is 7.45. The predicted molar refractivity (Wildman–Crippen MR) is 72.0 cm³/mol. The molecule has 1 saturated heterocycles. The lowest BCUT2D eigenvalue weighted by Crippen LogP contribution is -2.19. The summed E-state index contributed by atoms with van der Waals surface area (Å²) in [7, 11) is 0. The SMILES string of the molecule is Cl.Cl.c1nnc(C2CCCN2)n1C1CCCC1. The fourth-order valence-electron chi connectivity index (χ4n) is 2.87. The van der Waals surface area contributed by atoms with Crippen LogP contribution in [0.2, 0.25) is 0 Å². The minimum atomic E-state index is 0. The van der Waals surface area contributed by atoms with E-state index in [1.165, 1.54) is 44.3 Å². The number of hydrogen-bond donors (Lipinski definition) is 1. The number of nitrogens with one attached hydrogen (secondary N) is 1. The molecule has 1 saturated carbocycles. The summed E-state index contributed by atoms with van der Waals surface area (Å²) in [5.74, 6) is 1.17. The van der Waals surface area contributed by atoms with Crippen LogP contribution in [0.3, 0.4) is 0 Å². The monoisotopic (exact) mass is 278 g/mol. The molecule has 1 aliphatic carbocycles. The molecule has 6 heteroatoms. The Morgan fingerprint density at radius 3 is 2.53 bits per heavy atom. The van der Waals surface area contributed by atoms with Gasteiger partial charge in [0.1, 0.15) is 12.2 Å². The molecule has 0 amide bonds. The van der Waals surface area contributed by atoms with E-state index >= 15 is 0 Å². The molecular weight excluding hydrogens is 259 g/mol. The van der Waals surface area contributed by atoms with Crippen molar-refractivity contribution in [1.82, 2.24) is 20.1 Å². The third-order valence-electron chi connectivity index (χ3n) is 3.69. The van der Waals surface area contributed by atoms with Crippen LogP contribution in [0, 0.1) is 0 Å². The number of aromatic nitrogens is 3. The molecule has 0 aromatic carbocycles. The van der Waals surface area contributed by atoms with Crippen LogP contribution < -0.4 is 5.32 Å². The van der Waals surface area contributed by atoms with E-state index in [1.807, 2.05) is 6.33 Å². The van der Waals surface area contributed by atoms with Crippen LogP contribution in [0.5, 0.6) is 0 Å². The average Bonchev–Trinajstić information content (AvgIpc) is 3.01. The van der Waals surface area contributed by atoms with Crippen LogP contribution in [0.15, 0.2) is 6.33 Å². The summed E-state index contributed by atoms with van der Waals surface area (Å²) >= 11 is 0. The highest BCUT2D eigenvalue weighted by Gasteiger charge is 2.26. The molecule has 0 radical (unpaired) electrons. The standard InChI is InChI=1S/C11H18N4.2ClH/c1-2-5-9(4-1)15-8-13-14-11(15)10-6-3-7-12-10;;/h8-10,12H,1-7H2;2*1H. The topological polar surface area (TPSA) is 42.7 Å². The van der Waals surface area contributed by atoms with Gasteiger partial charge in [-0.05, 0) is 32.2 Å². The Bertz CT molecular complexity index is 299. The van der Waals surface area contributed by atoms with E-state index in [0.717, 1.165) is 6.54 Å². The van der Waals surface area contributed by atoms with Gasteiger partial charge in [0.2, 0.25) is 0 Å². The molecule has 3 rings (SSSR count). The van der Waals surface area contributed by atoms with Crippen molar-refractivity contribution < 1.29 is 0 Å². The zero-order chi connectivity index (χ0) is 10.1. The maximum Gasteiger partial charge on any atom is 0.150 e. The highest BCUT2D eigenvalue weighted by atomic mass is 35.5. The molecule has 2 aliphatic rings. The van der Waals surface area contributed by atoms with E-state index in [0.29, 0.717) is 12.1 Å². The summed E-state index contributed by atoms with van der Waals surface area (Å²) < 4.78 is 2.32. The van der Waals surface area contributed by atoms with Crippen LogP contribution in [0.1, 0.15) is 56.4 Å². The van der Waals surface area contributed by atoms with E-state index < -0.39 is 0 Å². The molecule has 0 spiro atoms. The van der Waals surface area contributed by atoms with Crippen LogP contribution in [0.25, 0.3) is 0 Å². The van der Waals surface area contributed by atoms with Crippen molar-refractivity contribution in [2.75, 3.05) is 6.54 Å². The minimum Gasteiger partial charge on any atom is -0.313 e. The Morgan fingerprint density at radius 1 is 1.12 bits per heavy atom. The lowest BCUT2D eigenvalue weighted by atomic mass is 10.2. The van der Waals surface area contributed by atoms with Gasteiger partial charge in [-0.25, -0.2) is 0 Å². The molecule has 1 aromatic heterocycles. The minimum absolute atomic E-state index is 0. The molecule has 1 N–H and O–H groups in total. The van der Waals surface area contributed by atoms with E-state index in [-0.39, 0.29) is 24.8 Å². The Kier molecular flexibility index (Phi) is 5.70. The molecule has 98 valence electrons. The normalized spacial score (nSPS) is 24.4. The smallest absolute Gasteiger partial charge is 0.150 e. The molecule has 2 fully saturated rings. The van der Waals surface area contributed by atoms with Crippen molar-refractivity contribution >= 4 is 24.8 Å². The van der Waals surface area contributed by atoms with E-state index in [1.54, 1.807) is 0 Å². The maximum atomic E-state index is 4.29. The molecule has 1 aliphatic heterocycles. The molecule has 17 heavy (non-hydrogen) atoms. The van der Waals surface area contributed by atoms with Crippen molar-refractivity contribution in [2.24, 2.45) is 0 Å². The largest absolute Gasteiger partial charge is 0.313 e. The second-order valence-electron chi connectivity index (χ2n) is 4.68. The van der Waals surface area contributed by atoms with Gasteiger partial charge >= 0.3 is 0 Å². The number of halogens is 2. The van der Waals surface area contributed by atoms with Gasteiger partial charge in [-0.1, -0.05) is 12.8 Å². The van der Waals surface area contributed by atoms with Gasteiger partial charge in [-0.3, -0.25) is 0 Å². The number of nitrogens with zero attached hydrogens (tertiary/aromatic N) is 3. The second-order valence-corrected chi connectivity index (χ2v) is 4.68. The van der Waals surface area contributed by atoms with Gasteiger partial charge in [0.25, 0.3) is 0 Å². The fraction of sp³-hybridized carbons (Fsp3) is 0.818. The van der Waals surface area contributed by atoms with Crippen molar-refractivity contribution in [3.8, 4) is 0 Å². The van der Waals surface area contributed by atoms with Gasteiger partial charge in [-0.15, -0.1) is 35.0 Å². The molecule has 2 heterocycles. The third-order valence-corrected chi connectivity index (χ3v) is 3.69. The van der Waals surface area contributed by atoms with Crippen molar-refractivity contribution in [3.05, 3.63) is 12.2 Å². The van der Waals surface area contributed by atoms with E-state index in [2.05, 4.69) is 20.1 Å². The predicted octanol–water partition coefficient (Wildman–Crippen LogP) is 2.66. The van der Waals surface area contributed by atoms with Gasteiger partial charge in [0.05, 0.1) is 6.04 Å². The summed E-state index contributed by atoms with van der Waals surface area (Å²) in [6.07, 6.45) is 9.73. The van der Waals surface area contributed by atoms with E-state index in [9.17, 15) is 0 Å². The lowest BCUT2D eigenvalue weighted by molar-refractivity contribution is 0.463. The zero-order valence-electron chi connectivity index (χ0n) is 9.84. The first-order valence-electron chi connectivity index (χ1n) is 6.08. The Labute approximate surface area is 114 Å². The summed E-state index contributed by atoms with van der Waals surface area (Å²) in [5, 5.41) is 11.9. The molecular formula is C11H20Cl2N4. The van der Waals surface area contributed by atoms with Crippen LogP contribution in [0.4, 0.5) is 0 Å². The average molecular weight is 279 g/mol. The second kappa shape index (κ2) is 6.57. The molecule has 1 unspecified atom stereocenters. The highest BCUT2D eigenvalue weighted by molar-refractivity contribution is 5.85. The Hall–Kier alpha value is -0.320. The Morgan fingerprint density at radius 2 is 1.88 bits per heavy atom. The molecule has 4 nitrogen and oxygen atoms in total. The quantitative estimate of drug-likeness (QED) is 0.905. The number of rotatable bonds is 2. The van der Waals surface area contributed by atoms with Gasteiger partial charge in [0.15, 0.2) is 0 Å². The number of hydrogen-bond acceptors (Lipinski definition) is 3. The lowest BCUT2D eigenvalue weighted by Gasteiger charge is -2.17. The fourth-order valence-corrected chi connectivity index (χ4v) is 2.87. The van der Waals surface area contributed by atoms with Gasteiger partial charge in [-0.2, -0.15) is 0 Å². The Balaban J connectivity index is 0.000000722. The first kappa shape index (κ1) is 14.7. The van der Waals surface area contributed by atoms with E-state index in [4.69, 9.17) is 0 Å². The van der Waals surface area contributed by atoms with Gasteiger partial charge in [0, 0.05) is 6.04 Å². The summed E-state index contributed by atoms with van der Waals surface area (Å²) in [6, 6.07) is 1.12. The summed E-state index contributed by atoms with van der Waals surface area (Å²) in [5.41, 5.74) is 0. The zero-order valence-corrected chi connectivity index (χ0v) is 11.5. The summed E-state index contributed by atoms with van der Waals surface area (Å²) in [4.78, 5) is 0. The maximum absolute atomic E-state index is 4.29. The summed E-state index contributed by atoms with van der Waals surface area (Å²) in [6.45, 7) is 1.13. The van der Waals surface area contributed by atoms with Crippen molar-refractivity contribution in [1.29, 1.82) is 0 Å². The van der Waals surface area contributed by atoms with Crippen molar-refractivity contribution in [2.45, 2.75) is 50.6 Å².